The van der Waals surface area contributed by atoms with E-state index < -0.39 is 18.1 Å². The van der Waals surface area contributed by atoms with Gasteiger partial charge in [-0.2, -0.15) is 8.78 Å². The van der Waals surface area contributed by atoms with E-state index in [1.54, 1.807) is 32.0 Å². The maximum atomic E-state index is 14.1. The van der Waals surface area contributed by atoms with Gasteiger partial charge in [-0.15, -0.1) is 0 Å². The number of aryl methyl sites for hydroxylation is 2. The van der Waals surface area contributed by atoms with Crippen LogP contribution in [0.4, 0.5) is 14.5 Å². The van der Waals surface area contributed by atoms with Gasteiger partial charge in [0.05, 0.1) is 18.3 Å². The minimum atomic E-state index is -3.99. The monoisotopic (exact) mass is 348 g/mol. The van der Waals surface area contributed by atoms with Gasteiger partial charge in [0.15, 0.2) is 5.75 Å². The summed E-state index contributed by atoms with van der Waals surface area (Å²) in [6.07, 6.45) is -5.00. The van der Waals surface area contributed by atoms with Crippen molar-refractivity contribution in [2.75, 3.05) is 4.90 Å². The SMILES string of the molecule is Cc1cc(CN2C(=O)C(F)(F)Oc3c([C@@H](C)O)cccc32)cc(C)n1. The van der Waals surface area contributed by atoms with Crippen LogP contribution in [-0.4, -0.2) is 22.1 Å². The van der Waals surface area contributed by atoms with Gasteiger partial charge >= 0.3 is 12.0 Å². The second-order valence-electron chi connectivity index (χ2n) is 6.14. The lowest BCUT2D eigenvalue weighted by molar-refractivity contribution is -0.193. The summed E-state index contributed by atoms with van der Waals surface area (Å²) in [5.41, 5.74) is 2.57. The molecule has 1 aliphatic rings. The average Bonchev–Trinajstić information content (AvgIpc) is 2.50. The number of nitrogens with zero attached hydrogens (tertiary/aromatic N) is 2. The van der Waals surface area contributed by atoms with E-state index in [1.165, 1.54) is 19.1 Å². The van der Waals surface area contributed by atoms with Crippen molar-refractivity contribution in [3.05, 3.63) is 52.8 Å². The standard InChI is InChI=1S/C18H18F2N2O3/c1-10-7-13(8-11(2)21-10)9-22-15-6-4-5-14(12(3)23)16(15)25-18(19,20)17(22)24/h4-8,12,23H,9H2,1-3H3/t12-/m1/s1. The zero-order chi connectivity index (χ0) is 18.4. The molecule has 0 spiro atoms. The third-order valence-corrected chi connectivity index (χ3v) is 3.97. The summed E-state index contributed by atoms with van der Waals surface area (Å²) in [4.78, 5) is 17.5. The van der Waals surface area contributed by atoms with Gasteiger partial charge < -0.3 is 9.84 Å². The molecule has 0 saturated heterocycles. The Balaban J connectivity index is 2.10. The molecule has 0 unspecified atom stereocenters. The number of anilines is 1. The molecule has 0 fully saturated rings. The van der Waals surface area contributed by atoms with Gasteiger partial charge in [0.2, 0.25) is 0 Å². The van der Waals surface area contributed by atoms with Crippen molar-refractivity contribution >= 4 is 11.6 Å². The highest BCUT2D eigenvalue weighted by molar-refractivity contribution is 6.01. The minimum absolute atomic E-state index is 0.0434. The molecule has 1 aromatic carbocycles. The van der Waals surface area contributed by atoms with Crippen LogP contribution in [0.3, 0.4) is 0 Å². The van der Waals surface area contributed by atoms with Gasteiger partial charge in [0, 0.05) is 17.0 Å². The molecule has 2 heterocycles. The quantitative estimate of drug-likeness (QED) is 0.925. The Kier molecular flexibility index (Phi) is 4.20. The summed E-state index contributed by atoms with van der Waals surface area (Å²) in [6.45, 7) is 5.00. The van der Waals surface area contributed by atoms with Crippen LogP contribution >= 0.6 is 0 Å². The zero-order valence-electron chi connectivity index (χ0n) is 14.1. The first kappa shape index (κ1) is 17.3. The number of pyridine rings is 1. The number of fused-ring (bicyclic) bond motifs is 1. The highest BCUT2D eigenvalue weighted by atomic mass is 19.3. The Labute approximate surface area is 143 Å². The Bertz CT molecular complexity index is 817. The second-order valence-corrected chi connectivity index (χ2v) is 6.14. The number of hydrogen-bond acceptors (Lipinski definition) is 4. The van der Waals surface area contributed by atoms with Crippen LogP contribution in [0.25, 0.3) is 0 Å². The number of amides is 1. The summed E-state index contributed by atoms with van der Waals surface area (Å²) in [7, 11) is 0. The molecule has 1 aromatic heterocycles. The fourth-order valence-corrected chi connectivity index (χ4v) is 2.99. The Morgan fingerprint density at radius 1 is 1.28 bits per heavy atom. The van der Waals surface area contributed by atoms with Crippen molar-refractivity contribution in [2.45, 2.75) is 39.5 Å². The molecule has 3 rings (SSSR count). The summed E-state index contributed by atoms with van der Waals surface area (Å²) in [5, 5.41) is 9.83. The molecule has 0 bridgehead atoms. The molecule has 1 N–H and O–H groups in total. The molecule has 2 aromatic rings. The van der Waals surface area contributed by atoms with Crippen LogP contribution in [0.5, 0.6) is 5.75 Å². The normalized spacial score (nSPS) is 17.0. The van der Waals surface area contributed by atoms with Crippen LogP contribution in [-0.2, 0) is 11.3 Å². The van der Waals surface area contributed by atoms with Crippen molar-refractivity contribution in [3.63, 3.8) is 0 Å². The van der Waals surface area contributed by atoms with E-state index >= 15 is 0 Å². The van der Waals surface area contributed by atoms with Crippen LogP contribution in [0.1, 0.15) is 35.5 Å². The van der Waals surface area contributed by atoms with Crippen LogP contribution in [0.15, 0.2) is 30.3 Å². The van der Waals surface area contributed by atoms with Crippen molar-refractivity contribution in [1.29, 1.82) is 0 Å². The number of hydrogen-bond donors (Lipinski definition) is 1. The van der Waals surface area contributed by atoms with E-state index in [-0.39, 0.29) is 23.5 Å². The van der Waals surface area contributed by atoms with E-state index in [1.807, 2.05) is 0 Å². The predicted octanol–water partition coefficient (Wildman–Crippen LogP) is 3.27. The first-order chi connectivity index (χ1) is 11.7. The van der Waals surface area contributed by atoms with Crippen molar-refractivity contribution < 1.29 is 23.4 Å². The lowest BCUT2D eigenvalue weighted by Gasteiger charge is -2.35. The number of para-hydroxylation sites is 1. The highest BCUT2D eigenvalue weighted by Gasteiger charge is 2.51. The molecule has 7 heteroatoms. The number of aliphatic hydroxyl groups is 1. The third-order valence-electron chi connectivity index (χ3n) is 3.97. The van der Waals surface area contributed by atoms with Crippen molar-refractivity contribution in [2.24, 2.45) is 0 Å². The third kappa shape index (κ3) is 3.19. The largest absolute Gasteiger partial charge is 0.483 e. The highest BCUT2D eigenvalue weighted by Crippen LogP contribution is 2.44. The van der Waals surface area contributed by atoms with Crippen LogP contribution in [0.2, 0.25) is 0 Å². The predicted molar refractivity (Wildman–Crippen MR) is 87.6 cm³/mol. The molecule has 0 radical (unpaired) electrons. The first-order valence-corrected chi connectivity index (χ1v) is 7.83. The zero-order valence-corrected chi connectivity index (χ0v) is 14.1. The maximum Gasteiger partial charge on any atom is 0.483 e. The first-order valence-electron chi connectivity index (χ1n) is 7.83. The van der Waals surface area contributed by atoms with Gasteiger partial charge in [-0.25, -0.2) is 0 Å². The molecule has 1 amide bonds. The number of rotatable bonds is 3. The average molecular weight is 348 g/mol. The molecule has 1 atom stereocenters. The topological polar surface area (TPSA) is 62.7 Å². The summed E-state index contributed by atoms with van der Waals surface area (Å²) in [6, 6.07) is 8.10. The van der Waals surface area contributed by atoms with Crippen LogP contribution in [0, 0.1) is 13.8 Å². The number of aliphatic hydroxyl groups excluding tert-OH is 1. The number of carbonyl (C=O) groups excluding carboxylic acids is 1. The van der Waals surface area contributed by atoms with E-state index in [0.717, 1.165) is 16.3 Å². The van der Waals surface area contributed by atoms with E-state index in [4.69, 9.17) is 0 Å². The summed E-state index contributed by atoms with van der Waals surface area (Å²) >= 11 is 0. The van der Waals surface area contributed by atoms with Gasteiger partial charge in [0.25, 0.3) is 0 Å². The van der Waals surface area contributed by atoms with Crippen molar-refractivity contribution in [3.8, 4) is 5.75 Å². The molecular formula is C18H18F2N2O3. The van der Waals surface area contributed by atoms with Crippen molar-refractivity contribution in [1.82, 2.24) is 4.98 Å². The fraction of sp³-hybridized carbons (Fsp3) is 0.333. The number of alkyl halides is 2. The van der Waals surface area contributed by atoms with Gasteiger partial charge in [-0.3, -0.25) is 14.7 Å². The summed E-state index contributed by atoms with van der Waals surface area (Å²) in [5.74, 6) is -1.61. The van der Waals surface area contributed by atoms with Gasteiger partial charge in [-0.05, 0) is 44.5 Å². The molecule has 1 aliphatic heterocycles. The lowest BCUT2D eigenvalue weighted by atomic mass is 10.1. The Hall–Kier alpha value is -2.54. The molecular weight excluding hydrogens is 330 g/mol. The lowest BCUT2D eigenvalue weighted by Crippen LogP contribution is -2.50. The number of aromatic nitrogens is 1. The minimum Gasteiger partial charge on any atom is -0.423 e. The van der Waals surface area contributed by atoms with Crippen LogP contribution < -0.4 is 9.64 Å². The smallest absolute Gasteiger partial charge is 0.423 e. The summed E-state index contributed by atoms with van der Waals surface area (Å²) < 4.78 is 32.9. The Morgan fingerprint density at radius 3 is 2.52 bits per heavy atom. The number of carbonyl (C=O) groups is 1. The van der Waals surface area contributed by atoms with E-state index in [0.29, 0.717) is 5.56 Å². The molecule has 25 heavy (non-hydrogen) atoms. The molecule has 0 saturated carbocycles. The van der Waals surface area contributed by atoms with Gasteiger partial charge in [-0.1, -0.05) is 12.1 Å². The number of halogens is 2. The maximum absolute atomic E-state index is 14.1. The second kappa shape index (κ2) is 6.07. The van der Waals surface area contributed by atoms with E-state index in [9.17, 15) is 18.7 Å². The molecule has 5 nitrogen and oxygen atoms in total. The number of ether oxygens (including phenoxy) is 1. The fourth-order valence-electron chi connectivity index (χ4n) is 2.99. The Morgan fingerprint density at radius 2 is 1.92 bits per heavy atom. The molecule has 0 aliphatic carbocycles. The van der Waals surface area contributed by atoms with Gasteiger partial charge in [0.1, 0.15) is 0 Å². The molecule has 132 valence electrons. The van der Waals surface area contributed by atoms with E-state index in [2.05, 4.69) is 9.72 Å². The number of benzene rings is 1.